The number of hydrogen-bond donors (Lipinski definition) is 3. The highest BCUT2D eigenvalue weighted by molar-refractivity contribution is 14.1. The molecule has 0 fully saturated rings. The van der Waals surface area contributed by atoms with Crippen LogP contribution in [0.25, 0.3) is 0 Å². The predicted octanol–water partition coefficient (Wildman–Crippen LogP) is 0.276. The largest absolute Gasteiger partial charge is 0.507 e. The summed E-state index contributed by atoms with van der Waals surface area (Å²) in [4.78, 5) is 11.7. The summed E-state index contributed by atoms with van der Waals surface area (Å²) in [5, 5.41) is 12.0. The summed E-state index contributed by atoms with van der Waals surface area (Å²) in [6.45, 7) is -0.0209. The molecule has 1 aromatic rings. The average Bonchev–Trinajstić information content (AvgIpc) is 2.32. The van der Waals surface area contributed by atoms with Crippen LogP contribution in [0.4, 0.5) is 0 Å². The van der Waals surface area contributed by atoms with Crippen LogP contribution in [0.15, 0.2) is 18.2 Å². The minimum atomic E-state index is -3.34. The van der Waals surface area contributed by atoms with Crippen LogP contribution in [0, 0.1) is 3.57 Å². The van der Waals surface area contributed by atoms with Gasteiger partial charge in [-0.15, -0.1) is 0 Å². The van der Waals surface area contributed by atoms with Gasteiger partial charge in [0.2, 0.25) is 10.0 Å². The molecular weight excluding hydrogens is 371 g/mol. The maximum absolute atomic E-state index is 11.7. The second-order valence-electron chi connectivity index (χ2n) is 3.44. The number of carbonyl (C=O) groups excluding carboxylic acids is 1. The molecule has 0 saturated carbocycles. The quantitative estimate of drug-likeness (QED) is 0.636. The Hall–Kier alpha value is -0.870. The van der Waals surface area contributed by atoms with E-state index in [-0.39, 0.29) is 23.6 Å². The van der Waals surface area contributed by atoms with Crippen LogP contribution in [0.3, 0.4) is 0 Å². The lowest BCUT2D eigenvalue weighted by Crippen LogP contribution is -2.33. The molecule has 0 aliphatic carbocycles. The molecular formula is C10H13IN2O4S. The van der Waals surface area contributed by atoms with Crippen molar-refractivity contribution in [1.29, 1.82) is 0 Å². The summed E-state index contributed by atoms with van der Waals surface area (Å²) in [6, 6.07) is 4.61. The highest BCUT2D eigenvalue weighted by atomic mass is 127. The first-order chi connectivity index (χ1) is 8.35. The van der Waals surface area contributed by atoms with Gasteiger partial charge in [-0.1, -0.05) is 0 Å². The monoisotopic (exact) mass is 384 g/mol. The van der Waals surface area contributed by atoms with Gasteiger partial charge in [0.1, 0.15) is 5.75 Å². The Bertz CT molecular complexity index is 545. The molecule has 0 atom stereocenters. The number of phenolic OH excluding ortho intramolecular Hbond substituents is 1. The molecule has 3 N–H and O–H groups in total. The maximum atomic E-state index is 11.7. The molecule has 0 bridgehead atoms. The van der Waals surface area contributed by atoms with Crippen LogP contribution in [-0.2, 0) is 10.0 Å². The highest BCUT2D eigenvalue weighted by Crippen LogP contribution is 2.19. The number of amides is 1. The predicted molar refractivity (Wildman–Crippen MR) is 76.0 cm³/mol. The third-order valence-electron chi connectivity index (χ3n) is 2.17. The normalized spacial score (nSPS) is 11.2. The first kappa shape index (κ1) is 15.2. The van der Waals surface area contributed by atoms with Crippen LogP contribution in [-0.4, -0.2) is 38.8 Å². The molecule has 6 nitrogen and oxygen atoms in total. The van der Waals surface area contributed by atoms with E-state index in [9.17, 15) is 18.3 Å². The smallest absolute Gasteiger partial charge is 0.255 e. The van der Waals surface area contributed by atoms with Gasteiger partial charge in [-0.2, -0.15) is 0 Å². The molecule has 1 amide bonds. The van der Waals surface area contributed by atoms with E-state index in [2.05, 4.69) is 10.0 Å². The lowest BCUT2D eigenvalue weighted by atomic mass is 10.2. The first-order valence-corrected chi connectivity index (χ1v) is 7.77. The Balaban J connectivity index is 2.64. The van der Waals surface area contributed by atoms with Gasteiger partial charge in [0.15, 0.2) is 0 Å². The number of halogens is 1. The van der Waals surface area contributed by atoms with Gasteiger partial charge in [0, 0.05) is 10.1 Å². The lowest BCUT2D eigenvalue weighted by molar-refractivity contribution is 0.0953. The van der Waals surface area contributed by atoms with Crippen molar-refractivity contribution < 1.29 is 18.3 Å². The lowest BCUT2D eigenvalue weighted by Gasteiger charge is -2.07. The topological polar surface area (TPSA) is 95.5 Å². The number of sulfonamides is 1. The minimum Gasteiger partial charge on any atom is -0.507 e. The van der Waals surface area contributed by atoms with Crippen molar-refractivity contribution in [2.45, 2.75) is 0 Å². The molecule has 8 heteroatoms. The second kappa shape index (κ2) is 6.34. The number of aromatic hydroxyl groups is 1. The zero-order chi connectivity index (χ0) is 13.8. The zero-order valence-electron chi connectivity index (χ0n) is 9.60. The third kappa shape index (κ3) is 4.42. The Kier molecular flexibility index (Phi) is 5.35. The van der Waals surface area contributed by atoms with Crippen LogP contribution >= 0.6 is 22.6 Å². The van der Waals surface area contributed by atoms with Crippen molar-refractivity contribution in [2.24, 2.45) is 0 Å². The summed E-state index contributed by atoms with van der Waals surface area (Å²) in [6.07, 6.45) is 0. The molecule has 0 aliphatic heterocycles. The molecule has 0 heterocycles. The van der Waals surface area contributed by atoms with Crippen molar-refractivity contribution in [1.82, 2.24) is 10.0 Å². The molecule has 0 radical (unpaired) electrons. The molecule has 0 unspecified atom stereocenters. The van der Waals surface area contributed by atoms with Gasteiger partial charge in [0.25, 0.3) is 5.91 Å². The second-order valence-corrected chi connectivity index (χ2v) is 6.73. The fourth-order valence-electron chi connectivity index (χ4n) is 1.19. The van der Waals surface area contributed by atoms with E-state index in [0.29, 0.717) is 0 Å². The minimum absolute atomic E-state index is 0.0209. The molecule has 0 saturated heterocycles. The van der Waals surface area contributed by atoms with Gasteiger partial charge in [-0.25, -0.2) is 13.1 Å². The highest BCUT2D eigenvalue weighted by Gasteiger charge is 2.13. The Labute approximate surface area is 119 Å². The van der Waals surface area contributed by atoms with Gasteiger partial charge in [-0.3, -0.25) is 4.79 Å². The zero-order valence-corrected chi connectivity index (χ0v) is 12.6. The summed E-state index contributed by atoms with van der Waals surface area (Å²) in [5.74, 6) is -0.846. The number of rotatable bonds is 5. The van der Waals surface area contributed by atoms with Crippen molar-refractivity contribution in [3.05, 3.63) is 27.3 Å². The fraction of sp³-hybridized carbons (Fsp3) is 0.300. The molecule has 1 rings (SSSR count). The van der Waals surface area contributed by atoms with E-state index >= 15 is 0 Å². The maximum Gasteiger partial charge on any atom is 0.255 e. The SMILES string of the molecule is CNS(=O)(=O)CCNC(=O)c1cc(I)ccc1O. The number of phenols is 1. The summed E-state index contributed by atoms with van der Waals surface area (Å²) in [5.41, 5.74) is 0.128. The van der Waals surface area contributed by atoms with E-state index in [4.69, 9.17) is 0 Å². The molecule has 0 aromatic heterocycles. The van der Waals surface area contributed by atoms with E-state index < -0.39 is 15.9 Å². The number of carbonyl (C=O) groups is 1. The van der Waals surface area contributed by atoms with Crippen LogP contribution in [0.2, 0.25) is 0 Å². The standard InChI is InChI=1S/C10H13IN2O4S/c1-12-18(16,17)5-4-13-10(15)8-6-7(11)2-3-9(8)14/h2-3,6,12,14H,4-5H2,1H3,(H,13,15). The molecule has 18 heavy (non-hydrogen) atoms. The number of hydrogen-bond acceptors (Lipinski definition) is 4. The van der Waals surface area contributed by atoms with Crippen LogP contribution in [0.1, 0.15) is 10.4 Å². The summed E-state index contributed by atoms with van der Waals surface area (Å²) >= 11 is 2.01. The van der Waals surface area contributed by atoms with Crippen molar-refractivity contribution in [2.75, 3.05) is 19.3 Å². The van der Waals surface area contributed by atoms with Gasteiger partial charge in [0.05, 0.1) is 11.3 Å². The molecule has 0 aliphatic rings. The fourth-order valence-corrected chi connectivity index (χ4v) is 2.25. The Morgan fingerprint density at radius 1 is 1.44 bits per heavy atom. The first-order valence-electron chi connectivity index (χ1n) is 5.03. The van der Waals surface area contributed by atoms with Crippen molar-refractivity contribution in [3.63, 3.8) is 0 Å². The summed E-state index contributed by atoms with van der Waals surface area (Å²) in [7, 11) is -2.04. The molecule has 100 valence electrons. The van der Waals surface area contributed by atoms with E-state index in [1.54, 1.807) is 6.07 Å². The number of benzene rings is 1. The third-order valence-corrected chi connectivity index (χ3v) is 4.21. The van der Waals surface area contributed by atoms with Crippen LogP contribution in [0.5, 0.6) is 5.75 Å². The summed E-state index contributed by atoms with van der Waals surface area (Å²) < 4.78 is 25.2. The van der Waals surface area contributed by atoms with E-state index in [1.165, 1.54) is 19.2 Å². The van der Waals surface area contributed by atoms with E-state index in [1.807, 2.05) is 22.6 Å². The van der Waals surface area contributed by atoms with Gasteiger partial charge < -0.3 is 10.4 Å². The molecule has 0 spiro atoms. The van der Waals surface area contributed by atoms with Crippen LogP contribution < -0.4 is 10.0 Å². The Morgan fingerprint density at radius 2 is 2.11 bits per heavy atom. The average molecular weight is 384 g/mol. The number of nitrogens with one attached hydrogen (secondary N) is 2. The Morgan fingerprint density at radius 3 is 2.72 bits per heavy atom. The van der Waals surface area contributed by atoms with Crippen molar-refractivity contribution in [3.8, 4) is 5.75 Å². The van der Waals surface area contributed by atoms with Gasteiger partial charge in [-0.05, 0) is 47.8 Å². The van der Waals surface area contributed by atoms with E-state index in [0.717, 1.165) is 3.57 Å². The molecule has 1 aromatic carbocycles. The van der Waals surface area contributed by atoms with Crippen molar-refractivity contribution >= 4 is 38.5 Å². The van der Waals surface area contributed by atoms with Gasteiger partial charge >= 0.3 is 0 Å².